The zero-order chi connectivity index (χ0) is 16.4. The molecule has 3 heterocycles. The Kier molecular flexibility index (Phi) is 5.13. The minimum Gasteiger partial charge on any atom is -0.381 e. The van der Waals surface area contributed by atoms with Crippen molar-refractivity contribution in [2.45, 2.75) is 25.1 Å². The fourth-order valence-electron chi connectivity index (χ4n) is 3.24. The number of nitrogens with zero attached hydrogens (tertiary/aromatic N) is 3. The second-order valence-electron chi connectivity index (χ2n) is 5.89. The molecule has 4 nitrogen and oxygen atoms in total. The zero-order valence-corrected chi connectivity index (χ0v) is 14.2. The van der Waals surface area contributed by atoms with Gasteiger partial charge in [0.15, 0.2) is 0 Å². The van der Waals surface area contributed by atoms with E-state index in [0.717, 1.165) is 45.2 Å². The first-order valence-electron chi connectivity index (χ1n) is 7.74. The van der Waals surface area contributed by atoms with E-state index >= 15 is 0 Å². The van der Waals surface area contributed by atoms with Gasteiger partial charge in [-0.15, -0.1) is 0 Å². The molecule has 0 aromatic carbocycles. The van der Waals surface area contributed by atoms with Crippen LogP contribution in [-0.4, -0.2) is 55.3 Å². The van der Waals surface area contributed by atoms with Gasteiger partial charge in [0, 0.05) is 56.1 Å². The quantitative estimate of drug-likeness (QED) is 0.771. The summed E-state index contributed by atoms with van der Waals surface area (Å²) in [5, 5.41) is 0. The lowest BCUT2D eigenvalue weighted by atomic mass is 10.1. The van der Waals surface area contributed by atoms with Gasteiger partial charge < -0.3 is 9.64 Å². The molecule has 2 saturated heterocycles. The topological polar surface area (TPSA) is 28.6 Å². The first-order valence-corrected chi connectivity index (χ1v) is 8.54. The molecule has 0 spiro atoms. The van der Waals surface area contributed by atoms with Crippen LogP contribution in [0.5, 0.6) is 0 Å². The SMILES string of the molecule is FC(F)(F)c1cc(Br)cnc1N1CCN(C2CCOCC2)CC1. The number of piperazine rings is 1. The van der Waals surface area contributed by atoms with Crippen molar-refractivity contribution in [1.82, 2.24) is 9.88 Å². The molecular formula is C15H19BrF3N3O. The van der Waals surface area contributed by atoms with Crippen molar-refractivity contribution < 1.29 is 17.9 Å². The van der Waals surface area contributed by atoms with E-state index < -0.39 is 11.7 Å². The van der Waals surface area contributed by atoms with Gasteiger partial charge in [0.1, 0.15) is 5.82 Å². The highest BCUT2D eigenvalue weighted by atomic mass is 79.9. The number of alkyl halides is 3. The average Bonchev–Trinajstić information content (AvgIpc) is 2.55. The molecule has 128 valence electrons. The molecule has 2 fully saturated rings. The van der Waals surface area contributed by atoms with Crippen molar-refractivity contribution in [1.29, 1.82) is 0 Å². The van der Waals surface area contributed by atoms with Crippen LogP contribution in [0.15, 0.2) is 16.7 Å². The maximum atomic E-state index is 13.2. The lowest BCUT2D eigenvalue weighted by Crippen LogP contribution is -2.52. The third-order valence-corrected chi connectivity index (χ3v) is 4.89. The van der Waals surface area contributed by atoms with Gasteiger partial charge in [-0.1, -0.05) is 0 Å². The second kappa shape index (κ2) is 6.94. The van der Waals surface area contributed by atoms with E-state index in [0.29, 0.717) is 23.6 Å². The number of anilines is 1. The lowest BCUT2D eigenvalue weighted by molar-refractivity contribution is -0.137. The van der Waals surface area contributed by atoms with Crippen LogP contribution in [-0.2, 0) is 10.9 Å². The summed E-state index contributed by atoms with van der Waals surface area (Å²) in [4.78, 5) is 8.13. The lowest BCUT2D eigenvalue weighted by Gasteiger charge is -2.41. The predicted octanol–water partition coefficient (Wildman–Crippen LogP) is 3.16. The van der Waals surface area contributed by atoms with Crippen LogP contribution >= 0.6 is 15.9 Å². The number of halogens is 4. The van der Waals surface area contributed by atoms with Crippen molar-refractivity contribution >= 4 is 21.7 Å². The highest BCUT2D eigenvalue weighted by Gasteiger charge is 2.37. The van der Waals surface area contributed by atoms with E-state index in [9.17, 15) is 13.2 Å². The number of hydrogen-bond acceptors (Lipinski definition) is 4. The Bertz CT molecular complexity index is 541. The maximum Gasteiger partial charge on any atom is 0.419 e. The van der Waals surface area contributed by atoms with Gasteiger partial charge in [-0.3, -0.25) is 4.90 Å². The van der Waals surface area contributed by atoms with Crippen LogP contribution in [0.3, 0.4) is 0 Å². The van der Waals surface area contributed by atoms with E-state index in [2.05, 4.69) is 25.8 Å². The first kappa shape index (κ1) is 17.0. The molecule has 3 rings (SSSR count). The average molecular weight is 394 g/mol. The van der Waals surface area contributed by atoms with Gasteiger partial charge in [0.2, 0.25) is 0 Å². The molecule has 2 aliphatic heterocycles. The minimum atomic E-state index is -4.40. The summed E-state index contributed by atoms with van der Waals surface area (Å²) in [6.45, 7) is 4.21. The molecule has 0 aliphatic carbocycles. The molecule has 8 heteroatoms. The van der Waals surface area contributed by atoms with Crippen molar-refractivity contribution in [2.75, 3.05) is 44.3 Å². The Morgan fingerprint density at radius 2 is 1.78 bits per heavy atom. The van der Waals surface area contributed by atoms with E-state index in [4.69, 9.17) is 4.74 Å². The molecule has 0 unspecified atom stereocenters. The number of rotatable bonds is 2. The highest BCUT2D eigenvalue weighted by Crippen LogP contribution is 2.37. The van der Waals surface area contributed by atoms with Crippen molar-refractivity contribution in [3.63, 3.8) is 0 Å². The molecule has 0 N–H and O–H groups in total. The summed E-state index contributed by atoms with van der Waals surface area (Å²) < 4.78 is 45.4. The molecule has 0 radical (unpaired) electrons. The van der Waals surface area contributed by atoms with Crippen molar-refractivity contribution in [3.8, 4) is 0 Å². The van der Waals surface area contributed by atoms with Gasteiger partial charge in [-0.05, 0) is 34.8 Å². The van der Waals surface area contributed by atoms with Gasteiger partial charge >= 0.3 is 6.18 Å². The summed E-state index contributed by atoms with van der Waals surface area (Å²) in [6, 6.07) is 1.60. The number of aromatic nitrogens is 1. The Morgan fingerprint density at radius 1 is 1.13 bits per heavy atom. The van der Waals surface area contributed by atoms with E-state index in [-0.39, 0.29) is 5.82 Å². The fraction of sp³-hybridized carbons (Fsp3) is 0.667. The Hall–Kier alpha value is -0.860. The summed E-state index contributed by atoms with van der Waals surface area (Å²) in [6.07, 6.45) is -0.964. The zero-order valence-electron chi connectivity index (χ0n) is 12.7. The van der Waals surface area contributed by atoms with Crippen LogP contribution < -0.4 is 4.90 Å². The number of hydrogen-bond donors (Lipinski definition) is 0. The van der Waals surface area contributed by atoms with E-state index in [1.54, 1.807) is 4.90 Å². The van der Waals surface area contributed by atoms with Gasteiger partial charge in [0.25, 0.3) is 0 Å². The minimum absolute atomic E-state index is 0.0346. The standard InChI is InChI=1S/C15H19BrF3N3O/c16-11-9-13(15(17,18)19)14(20-10-11)22-5-3-21(4-6-22)12-1-7-23-8-2-12/h9-10,12H,1-8H2. The third kappa shape index (κ3) is 3.97. The summed E-state index contributed by atoms with van der Waals surface area (Å²) in [5.41, 5.74) is -0.675. The molecule has 0 bridgehead atoms. The molecule has 0 saturated carbocycles. The van der Waals surface area contributed by atoms with Crippen molar-refractivity contribution in [3.05, 3.63) is 22.3 Å². The fourth-order valence-corrected chi connectivity index (χ4v) is 3.57. The first-order chi connectivity index (χ1) is 10.9. The molecular weight excluding hydrogens is 375 g/mol. The van der Waals surface area contributed by atoms with Crippen LogP contribution in [0.4, 0.5) is 19.0 Å². The van der Waals surface area contributed by atoms with Gasteiger partial charge in [-0.25, -0.2) is 4.98 Å². The summed E-state index contributed by atoms with van der Waals surface area (Å²) in [5.74, 6) is 0.0346. The van der Waals surface area contributed by atoms with Gasteiger partial charge in [-0.2, -0.15) is 13.2 Å². The molecule has 0 amide bonds. The predicted molar refractivity (Wildman–Crippen MR) is 84.6 cm³/mol. The molecule has 2 aliphatic rings. The Labute approximate surface area is 141 Å². The third-order valence-electron chi connectivity index (χ3n) is 4.46. The maximum absolute atomic E-state index is 13.2. The second-order valence-corrected chi connectivity index (χ2v) is 6.80. The van der Waals surface area contributed by atoms with Crippen LogP contribution in [0.2, 0.25) is 0 Å². The Morgan fingerprint density at radius 3 is 2.39 bits per heavy atom. The van der Waals surface area contributed by atoms with Crippen LogP contribution in [0.25, 0.3) is 0 Å². The normalized spacial score (nSPS) is 21.7. The van der Waals surface area contributed by atoms with Crippen molar-refractivity contribution in [2.24, 2.45) is 0 Å². The molecule has 1 aromatic heterocycles. The molecule has 0 atom stereocenters. The monoisotopic (exact) mass is 393 g/mol. The summed E-state index contributed by atoms with van der Waals surface area (Å²) in [7, 11) is 0. The smallest absolute Gasteiger partial charge is 0.381 e. The summed E-state index contributed by atoms with van der Waals surface area (Å²) >= 11 is 3.07. The van der Waals surface area contributed by atoms with E-state index in [1.165, 1.54) is 6.20 Å². The number of pyridine rings is 1. The van der Waals surface area contributed by atoms with E-state index in [1.807, 2.05) is 0 Å². The number of ether oxygens (including phenoxy) is 1. The molecule has 1 aromatic rings. The largest absolute Gasteiger partial charge is 0.419 e. The van der Waals surface area contributed by atoms with Crippen LogP contribution in [0.1, 0.15) is 18.4 Å². The highest BCUT2D eigenvalue weighted by molar-refractivity contribution is 9.10. The Balaban J connectivity index is 1.70. The molecule has 23 heavy (non-hydrogen) atoms. The van der Waals surface area contributed by atoms with Crippen LogP contribution in [0, 0.1) is 0 Å². The van der Waals surface area contributed by atoms with Gasteiger partial charge in [0.05, 0.1) is 5.56 Å².